The monoisotopic (exact) mass is 272 g/mol. The zero-order valence-electron chi connectivity index (χ0n) is 7.44. The van der Waals surface area contributed by atoms with Gasteiger partial charge in [-0.15, -0.1) is 0 Å². The molecule has 0 aliphatic rings. The summed E-state index contributed by atoms with van der Waals surface area (Å²) in [4.78, 5) is 14.5. The second-order valence-corrected chi connectivity index (χ2v) is 3.68. The molecule has 0 saturated carbocycles. The van der Waals surface area contributed by atoms with Gasteiger partial charge in [-0.3, -0.25) is 4.79 Å². The summed E-state index contributed by atoms with van der Waals surface area (Å²) < 4.78 is 15.0. The number of para-hydroxylation sites is 1. The maximum atomic E-state index is 13.3. The zero-order chi connectivity index (χ0) is 11.0. The van der Waals surface area contributed by atoms with Gasteiger partial charge in [0.25, 0.3) is 0 Å². The van der Waals surface area contributed by atoms with Crippen molar-refractivity contribution in [1.29, 1.82) is 0 Å². The normalized spacial score (nSPS) is 10.8. The van der Waals surface area contributed by atoms with E-state index in [-0.39, 0.29) is 12.1 Å². The van der Waals surface area contributed by atoms with Crippen LogP contribution in [0.15, 0.2) is 22.9 Å². The van der Waals surface area contributed by atoms with Crippen LogP contribution in [0.25, 0.3) is 11.0 Å². The first-order valence-electron chi connectivity index (χ1n) is 4.11. The maximum Gasteiger partial charge on any atom is 0.323 e. The van der Waals surface area contributed by atoms with Crippen molar-refractivity contribution < 1.29 is 14.3 Å². The van der Waals surface area contributed by atoms with Crippen molar-refractivity contribution >= 4 is 32.9 Å². The zero-order valence-corrected chi connectivity index (χ0v) is 9.03. The molecule has 1 aromatic heterocycles. The van der Waals surface area contributed by atoms with E-state index in [0.717, 1.165) is 0 Å². The standard InChI is InChI=1S/C9H6BrFN2O2/c10-9-12-8-5(11)2-1-3-6(8)13(9)4-7(14)15/h1-3H,4H2,(H,14,15). The second kappa shape index (κ2) is 3.62. The molecule has 0 radical (unpaired) electrons. The van der Waals surface area contributed by atoms with Gasteiger partial charge >= 0.3 is 5.97 Å². The van der Waals surface area contributed by atoms with Gasteiger partial charge in [-0.25, -0.2) is 9.37 Å². The minimum atomic E-state index is -1.00. The lowest BCUT2D eigenvalue weighted by atomic mass is 10.3. The van der Waals surface area contributed by atoms with E-state index >= 15 is 0 Å². The summed E-state index contributed by atoms with van der Waals surface area (Å²) in [5.74, 6) is -1.46. The number of aromatic nitrogens is 2. The Kier molecular flexibility index (Phi) is 2.44. The average Bonchev–Trinajstić information content (AvgIpc) is 2.45. The molecule has 1 heterocycles. The van der Waals surface area contributed by atoms with Crippen molar-refractivity contribution in [2.45, 2.75) is 6.54 Å². The summed E-state index contributed by atoms with van der Waals surface area (Å²) in [6.45, 7) is -0.249. The molecule has 4 nitrogen and oxygen atoms in total. The number of imidazole rings is 1. The van der Waals surface area contributed by atoms with E-state index in [1.807, 2.05) is 0 Å². The Morgan fingerprint density at radius 3 is 3.00 bits per heavy atom. The average molecular weight is 273 g/mol. The number of rotatable bonds is 2. The Balaban J connectivity index is 2.68. The Morgan fingerprint density at radius 1 is 1.60 bits per heavy atom. The molecule has 0 fully saturated rings. The van der Waals surface area contributed by atoms with E-state index in [2.05, 4.69) is 20.9 Å². The number of hydrogen-bond acceptors (Lipinski definition) is 2. The van der Waals surface area contributed by atoms with Crippen molar-refractivity contribution in [2.24, 2.45) is 0 Å². The minimum absolute atomic E-state index is 0.172. The minimum Gasteiger partial charge on any atom is -0.480 e. The topological polar surface area (TPSA) is 55.1 Å². The van der Waals surface area contributed by atoms with Crippen molar-refractivity contribution in [3.63, 3.8) is 0 Å². The van der Waals surface area contributed by atoms with Crippen molar-refractivity contribution in [1.82, 2.24) is 9.55 Å². The Labute approximate surface area is 92.5 Å². The van der Waals surface area contributed by atoms with Crippen LogP contribution in [0.5, 0.6) is 0 Å². The van der Waals surface area contributed by atoms with Gasteiger partial charge in [0.2, 0.25) is 0 Å². The van der Waals surface area contributed by atoms with Crippen molar-refractivity contribution in [2.75, 3.05) is 0 Å². The first kappa shape index (κ1) is 10.1. The third-order valence-corrected chi connectivity index (χ3v) is 2.58. The molecule has 1 N–H and O–H groups in total. The fraction of sp³-hybridized carbons (Fsp3) is 0.111. The number of fused-ring (bicyclic) bond motifs is 1. The highest BCUT2D eigenvalue weighted by Gasteiger charge is 2.13. The molecule has 0 atom stereocenters. The number of carboxylic acids is 1. The lowest BCUT2D eigenvalue weighted by molar-refractivity contribution is -0.137. The molecule has 1 aromatic carbocycles. The summed E-state index contributed by atoms with van der Waals surface area (Å²) in [6.07, 6.45) is 0. The molecule has 0 spiro atoms. The van der Waals surface area contributed by atoms with Crippen LogP contribution in [0.2, 0.25) is 0 Å². The van der Waals surface area contributed by atoms with E-state index < -0.39 is 11.8 Å². The van der Waals surface area contributed by atoms with Crippen LogP contribution >= 0.6 is 15.9 Å². The Hall–Kier alpha value is -1.43. The van der Waals surface area contributed by atoms with Crippen molar-refractivity contribution in [3.8, 4) is 0 Å². The molecule has 0 bridgehead atoms. The van der Waals surface area contributed by atoms with E-state index in [1.165, 1.54) is 16.7 Å². The van der Waals surface area contributed by atoms with E-state index in [1.54, 1.807) is 6.07 Å². The Bertz CT molecular complexity index is 538. The molecular formula is C9H6BrFN2O2. The molecule has 6 heteroatoms. The summed E-state index contributed by atoms with van der Waals surface area (Å²) in [5.41, 5.74) is 0.634. The molecule has 78 valence electrons. The van der Waals surface area contributed by atoms with Gasteiger partial charge < -0.3 is 9.67 Å². The predicted molar refractivity (Wildman–Crippen MR) is 55.0 cm³/mol. The second-order valence-electron chi connectivity index (χ2n) is 2.97. The lowest BCUT2D eigenvalue weighted by Crippen LogP contribution is -2.08. The molecule has 15 heavy (non-hydrogen) atoms. The molecular weight excluding hydrogens is 267 g/mol. The number of halogens is 2. The number of carboxylic acid groups (broad SMARTS) is 1. The molecule has 0 unspecified atom stereocenters. The van der Waals surface area contributed by atoms with E-state index in [0.29, 0.717) is 10.3 Å². The molecule has 0 aliphatic heterocycles. The molecule has 2 rings (SSSR count). The van der Waals surface area contributed by atoms with Gasteiger partial charge in [0.15, 0.2) is 10.6 Å². The highest BCUT2D eigenvalue weighted by Crippen LogP contribution is 2.22. The largest absolute Gasteiger partial charge is 0.480 e. The van der Waals surface area contributed by atoms with Gasteiger partial charge in [0.1, 0.15) is 12.1 Å². The first-order chi connectivity index (χ1) is 7.09. The lowest BCUT2D eigenvalue weighted by Gasteiger charge is -2.00. The van der Waals surface area contributed by atoms with Crippen LogP contribution in [0.3, 0.4) is 0 Å². The number of hydrogen-bond donors (Lipinski definition) is 1. The maximum absolute atomic E-state index is 13.3. The highest BCUT2D eigenvalue weighted by atomic mass is 79.9. The predicted octanol–water partition coefficient (Wildman–Crippen LogP) is 2.02. The molecule has 0 amide bonds. The summed E-state index contributed by atoms with van der Waals surface area (Å²) >= 11 is 3.09. The van der Waals surface area contributed by atoms with Gasteiger partial charge in [-0.05, 0) is 28.1 Å². The van der Waals surface area contributed by atoms with Crippen LogP contribution in [-0.4, -0.2) is 20.6 Å². The highest BCUT2D eigenvalue weighted by molar-refractivity contribution is 9.10. The third-order valence-electron chi connectivity index (χ3n) is 1.98. The van der Waals surface area contributed by atoms with Crippen LogP contribution < -0.4 is 0 Å². The van der Waals surface area contributed by atoms with Gasteiger partial charge in [-0.2, -0.15) is 0 Å². The summed E-state index contributed by atoms with van der Waals surface area (Å²) in [6, 6.07) is 4.43. The third kappa shape index (κ3) is 1.72. The van der Waals surface area contributed by atoms with Crippen LogP contribution in [-0.2, 0) is 11.3 Å². The van der Waals surface area contributed by atoms with E-state index in [9.17, 15) is 9.18 Å². The van der Waals surface area contributed by atoms with E-state index in [4.69, 9.17) is 5.11 Å². The fourth-order valence-electron chi connectivity index (χ4n) is 1.37. The molecule has 0 saturated heterocycles. The first-order valence-corrected chi connectivity index (χ1v) is 4.91. The van der Waals surface area contributed by atoms with Gasteiger partial charge in [0.05, 0.1) is 5.52 Å². The number of aliphatic carboxylic acids is 1. The van der Waals surface area contributed by atoms with Crippen LogP contribution in [0.1, 0.15) is 0 Å². The quantitative estimate of drug-likeness (QED) is 0.910. The number of nitrogens with zero attached hydrogens (tertiary/aromatic N) is 2. The Morgan fingerprint density at radius 2 is 2.33 bits per heavy atom. The van der Waals surface area contributed by atoms with Crippen LogP contribution in [0.4, 0.5) is 4.39 Å². The van der Waals surface area contributed by atoms with Crippen LogP contribution in [0, 0.1) is 5.82 Å². The number of carbonyl (C=O) groups is 1. The molecule has 2 aromatic rings. The SMILES string of the molecule is O=C(O)Cn1c(Br)nc2c(F)cccc21. The van der Waals surface area contributed by atoms with Crippen molar-refractivity contribution in [3.05, 3.63) is 28.7 Å². The fourth-order valence-corrected chi connectivity index (χ4v) is 1.86. The summed E-state index contributed by atoms with van der Waals surface area (Å²) in [7, 11) is 0. The van der Waals surface area contributed by atoms with Gasteiger partial charge in [0, 0.05) is 0 Å². The van der Waals surface area contributed by atoms with Gasteiger partial charge in [-0.1, -0.05) is 6.07 Å². The number of benzene rings is 1. The summed E-state index contributed by atoms with van der Waals surface area (Å²) in [5, 5.41) is 8.68. The molecule has 0 aliphatic carbocycles. The smallest absolute Gasteiger partial charge is 0.323 e.